The zero-order valence-corrected chi connectivity index (χ0v) is 26.5. The molecule has 3 N–H and O–H groups in total. The molecular formula is C37H28N4O4S2. The predicted molar refractivity (Wildman–Crippen MR) is 187 cm³/mol. The Hall–Kier alpha value is -5.71. The van der Waals surface area contributed by atoms with Crippen LogP contribution in [-0.4, -0.2) is 22.7 Å². The molecule has 232 valence electrons. The van der Waals surface area contributed by atoms with Crippen LogP contribution in [0.1, 0.15) is 26.9 Å². The molecule has 0 radical (unpaired) electrons. The SMILES string of the molecule is O=C(Nc1ccc(S[C@@H](C(=O)Nc2nccs2)c2ccccc2)cc1)/C(=C/c1ccc(-c2ccccc2)o1)NC(=O)c1ccccc1. The summed E-state index contributed by atoms with van der Waals surface area (Å²) in [5.74, 6) is -0.120. The van der Waals surface area contributed by atoms with Gasteiger partial charge in [0.25, 0.3) is 11.8 Å². The van der Waals surface area contributed by atoms with Gasteiger partial charge < -0.3 is 20.4 Å². The van der Waals surface area contributed by atoms with Gasteiger partial charge >= 0.3 is 0 Å². The number of rotatable bonds is 11. The van der Waals surface area contributed by atoms with Crippen molar-refractivity contribution in [3.8, 4) is 11.3 Å². The first-order chi connectivity index (χ1) is 23.0. The molecule has 0 spiro atoms. The summed E-state index contributed by atoms with van der Waals surface area (Å²) in [6.45, 7) is 0. The fourth-order valence-corrected chi connectivity index (χ4v) is 6.14. The van der Waals surface area contributed by atoms with Crippen molar-refractivity contribution < 1.29 is 18.8 Å². The van der Waals surface area contributed by atoms with Crippen LogP contribution in [0.4, 0.5) is 10.8 Å². The van der Waals surface area contributed by atoms with Gasteiger partial charge in [0.15, 0.2) is 5.13 Å². The third-order valence-corrected chi connectivity index (χ3v) is 8.82. The summed E-state index contributed by atoms with van der Waals surface area (Å²) in [6, 6.07) is 38.5. The number of aromatic nitrogens is 1. The Labute approximate surface area is 279 Å². The lowest BCUT2D eigenvalue weighted by Crippen LogP contribution is -2.30. The van der Waals surface area contributed by atoms with Gasteiger partial charge in [0, 0.05) is 39.4 Å². The number of nitrogens with zero attached hydrogens (tertiary/aromatic N) is 1. The molecule has 0 fully saturated rings. The summed E-state index contributed by atoms with van der Waals surface area (Å²) in [5, 5.41) is 10.3. The first-order valence-corrected chi connectivity index (χ1v) is 16.3. The summed E-state index contributed by atoms with van der Waals surface area (Å²) in [5.41, 5.74) is 2.66. The van der Waals surface area contributed by atoms with E-state index in [2.05, 4.69) is 20.9 Å². The summed E-state index contributed by atoms with van der Waals surface area (Å²) in [7, 11) is 0. The van der Waals surface area contributed by atoms with Gasteiger partial charge in [-0.3, -0.25) is 14.4 Å². The number of carbonyl (C=O) groups excluding carboxylic acids is 3. The van der Waals surface area contributed by atoms with Gasteiger partial charge in [-0.25, -0.2) is 4.98 Å². The molecule has 0 saturated carbocycles. The Morgan fingerprint density at radius 1 is 0.766 bits per heavy atom. The normalized spacial score (nSPS) is 11.8. The van der Waals surface area contributed by atoms with E-state index in [1.807, 2.05) is 84.9 Å². The zero-order chi connectivity index (χ0) is 32.4. The molecule has 1 atom stereocenters. The zero-order valence-electron chi connectivity index (χ0n) is 24.8. The van der Waals surface area contributed by atoms with E-state index in [1.165, 1.54) is 29.2 Å². The Kier molecular flexibility index (Phi) is 10.0. The van der Waals surface area contributed by atoms with E-state index in [4.69, 9.17) is 4.42 Å². The van der Waals surface area contributed by atoms with Crippen molar-refractivity contribution in [3.63, 3.8) is 0 Å². The van der Waals surface area contributed by atoms with Crippen LogP contribution in [0.3, 0.4) is 0 Å². The molecule has 4 aromatic carbocycles. The number of hydrogen-bond acceptors (Lipinski definition) is 7. The second-order valence-electron chi connectivity index (χ2n) is 10.2. The quantitative estimate of drug-likeness (QED) is 0.0956. The second-order valence-corrected chi connectivity index (χ2v) is 12.2. The van der Waals surface area contributed by atoms with Gasteiger partial charge in [0.1, 0.15) is 22.5 Å². The van der Waals surface area contributed by atoms with Crippen molar-refractivity contribution in [1.82, 2.24) is 10.3 Å². The maximum Gasteiger partial charge on any atom is 0.272 e. The van der Waals surface area contributed by atoms with Crippen LogP contribution in [0.15, 0.2) is 154 Å². The van der Waals surface area contributed by atoms with Gasteiger partial charge in [0.05, 0.1) is 0 Å². The van der Waals surface area contributed by atoms with Crippen molar-refractivity contribution in [1.29, 1.82) is 0 Å². The highest BCUT2D eigenvalue weighted by molar-refractivity contribution is 8.00. The summed E-state index contributed by atoms with van der Waals surface area (Å²) in [6.07, 6.45) is 3.14. The molecule has 2 aromatic heterocycles. The molecule has 6 rings (SSSR count). The number of hydrogen-bond donors (Lipinski definition) is 3. The number of nitrogens with one attached hydrogen (secondary N) is 3. The summed E-state index contributed by atoms with van der Waals surface area (Å²) in [4.78, 5) is 44.8. The van der Waals surface area contributed by atoms with Crippen molar-refractivity contribution in [2.75, 3.05) is 10.6 Å². The van der Waals surface area contributed by atoms with Gasteiger partial charge in [-0.15, -0.1) is 23.1 Å². The lowest BCUT2D eigenvalue weighted by molar-refractivity contribution is -0.116. The number of carbonyl (C=O) groups is 3. The minimum absolute atomic E-state index is 0.00858. The fraction of sp³-hybridized carbons (Fsp3) is 0.0270. The predicted octanol–water partition coefficient (Wildman–Crippen LogP) is 8.28. The van der Waals surface area contributed by atoms with Crippen LogP contribution >= 0.6 is 23.1 Å². The Morgan fingerprint density at radius 2 is 1.45 bits per heavy atom. The van der Waals surface area contributed by atoms with Gasteiger partial charge in [0.2, 0.25) is 5.91 Å². The number of amides is 3. The van der Waals surface area contributed by atoms with Gasteiger partial charge in [-0.05, 0) is 54.1 Å². The smallest absolute Gasteiger partial charge is 0.272 e. The van der Waals surface area contributed by atoms with Crippen LogP contribution in [0.5, 0.6) is 0 Å². The molecule has 0 saturated heterocycles. The number of anilines is 2. The largest absolute Gasteiger partial charge is 0.457 e. The van der Waals surface area contributed by atoms with E-state index in [0.717, 1.165) is 16.0 Å². The first kappa shape index (κ1) is 31.3. The van der Waals surface area contributed by atoms with E-state index in [0.29, 0.717) is 27.9 Å². The summed E-state index contributed by atoms with van der Waals surface area (Å²) < 4.78 is 5.98. The highest BCUT2D eigenvalue weighted by Crippen LogP contribution is 2.37. The lowest BCUT2D eigenvalue weighted by Gasteiger charge is -2.16. The molecule has 8 nitrogen and oxygen atoms in total. The second kappa shape index (κ2) is 15.0. The number of thioether (sulfide) groups is 1. The Balaban J connectivity index is 1.20. The summed E-state index contributed by atoms with van der Waals surface area (Å²) >= 11 is 2.74. The van der Waals surface area contributed by atoms with Crippen molar-refractivity contribution in [3.05, 3.63) is 162 Å². The van der Waals surface area contributed by atoms with Crippen LogP contribution in [-0.2, 0) is 9.59 Å². The molecule has 0 bridgehead atoms. The highest BCUT2D eigenvalue weighted by atomic mass is 32.2. The average Bonchev–Trinajstić information content (AvgIpc) is 3.81. The van der Waals surface area contributed by atoms with Crippen LogP contribution < -0.4 is 16.0 Å². The molecule has 6 aromatic rings. The van der Waals surface area contributed by atoms with Crippen LogP contribution in [0.2, 0.25) is 0 Å². The minimum Gasteiger partial charge on any atom is -0.457 e. The molecule has 10 heteroatoms. The van der Waals surface area contributed by atoms with Crippen molar-refractivity contribution in [2.24, 2.45) is 0 Å². The number of benzene rings is 4. The standard InChI is InChI=1S/C37H28N4O4S2/c42-34(27-14-8-3-9-15-27)40-31(24-29-18-21-32(45-29)25-10-4-1-5-11-25)35(43)39-28-16-19-30(20-17-28)47-33(26-12-6-2-7-13-26)36(44)41-37-38-22-23-46-37/h1-24,33H,(H,39,43)(H,40,42)(H,38,41,44)/b31-24-/t33-/m1/s1. The first-order valence-electron chi connectivity index (χ1n) is 14.6. The van der Waals surface area contributed by atoms with Crippen molar-refractivity contribution >= 4 is 57.7 Å². The van der Waals surface area contributed by atoms with Gasteiger partial charge in [-0.1, -0.05) is 78.9 Å². The molecular weight excluding hydrogens is 629 g/mol. The van der Waals surface area contributed by atoms with E-state index in [-0.39, 0.29) is 11.6 Å². The van der Waals surface area contributed by atoms with Crippen LogP contribution in [0, 0.1) is 0 Å². The molecule has 2 heterocycles. The maximum atomic E-state index is 13.6. The van der Waals surface area contributed by atoms with Crippen LogP contribution in [0.25, 0.3) is 17.4 Å². The molecule has 0 aliphatic heterocycles. The van der Waals surface area contributed by atoms with E-state index < -0.39 is 17.1 Å². The maximum absolute atomic E-state index is 13.6. The molecule has 0 unspecified atom stereocenters. The Morgan fingerprint density at radius 3 is 2.13 bits per heavy atom. The van der Waals surface area contributed by atoms with Gasteiger partial charge in [-0.2, -0.15) is 0 Å². The molecule has 3 amide bonds. The average molecular weight is 657 g/mol. The molecule has 47 heavy (non-hydrogen) atoms. The highest BCUT2D eigenvalue weighted by Gasteiger charge is 2.23. The Bertz CT molecular complexity index is 1980. The topological polar surface area (TPSA) is 113 Å². The molecule has 0 aliphatic rings. The fourth-order valence-electron chi connectivity index (χ4n) is 4.58. The van der Waals surface area contributed by atoms with E-state index >= 15 is 0 Å². The molecule has 0 aliphatic carbocycles. The number of furan rings is 1. The number of thiazole rings is 1. The lowest BCUT2D eigenvalue weighted by atomic mass is 10.1. The van der Waals surface area contributed by atoms with Crippen molar-refractivity contribution in [2.45, 2.75) is 10.1 Å². The minimum atomic E-state index is -0.530. The third kappa shape index (κ3) is 8.31. The third-order valence-electron chi connectivity index (χ3n) is 6.87. The van der Waals surface area contributed by atoms with E-state index in [9.17, 15) is 14.4 Å². The monoisotopic (exact) mass is 656 g/mol. The van der Waals surface area contributed by atoms with E-state index in [1.54, 1.807) is 54.0 Å².